The number of hydrogen-bond donors (Lipinski definition) is 2. The van der Waals surface area contributed by atoms with E-state index in [1.54, 1.807) is 0 Å². The van der Waals surface area contributed by atoms with Gasteiger partial charge in [-0.05, 0) is 41.7 Å². The molecule has 1 aliphatic rings. The molecule has 0 aromatic heterocycles. The SMILES string of the molecule is CC1(C)CN(Cc2cccc(C(=O)Nc3ccccc3)c2)CCC1N.Cl. The minimum absolute atomic E-state index is 0. The number of likely N-dealkylation sites (tertiary alicyclic amines) is 1. The van der Waals surface area contributed by atoms with Gasteiger partial charge in [0.1, 0.15) is 0 Å². The molecule has 1 saturated heterocycles. The summed E-state index contributed by atoms with van der Waals surface area (Å²) in [6.45, 7) is 7.29. The minimum atomic E-state index is -0.0750. The number of carbonyl (C=O) groups excluding carboxylic acids is 1. The highest BCUT2D eigenvalue weighted by molar-refractivity contribution is 6.04. The summed E-state index contributed by atoms with van der Waals surface area (Å²) in [5, 5.41) is 2.94. The minimum Gasteiger partial charge on any atom is -0.327 e. The molecule has 3 rings (SSSR count). The molecular weight excluding hydrogens is 346 g/mol. The summed E-state index contributed by atoms with van der Waals surface area (Å²) in [5.41, 5.74) is 9.01. The van der Waals surface area contributed by atoms with Crippen LogP contribution in [0.2, 0.25) is 0 Å². The van der Waals surface area contributed by atoms with Gasteiger partial charge in [-0.2, -0.15) is 0 Å². The Balaban J connectivity index is 0.00000243. The molecule has 0 saturated carbocycles. The van der Waals surface area contributed by atoms with Crippen LogP contribution in [0.25, 0.3) is 0 Å². The molecule has 1 unspecified atom stereocenters. The number of nitrogens with two attached hydrogens (primary N) is 1. The monoisotopic (exact) mass is 373 g/mol. The molecular formula is C21H28ClN3O. The lowest BCUT2D eigenvalue weighted by Gasteiger charge is -2.42. The van der Waals surface area contributed by atoms with Gasteiger partial charge in [0.2, 0.25) is 0 Å². The average Bonchev–Trinajstić information content (AvgIpc) is 2.59. The van der Waals surface area contributed by atoms with Crippen molar-refractivity contribution in [3.63, 3.8) is 0 Å². The van der Waals surface area contributed by atoms with Crippen LogP contribution in [0.1, 0.15) is 36.2 Å². The van der Waals surface area contributed by atoms with Crippen molar-refractivity contribution in [2.24, 2.45) is 11.1 Å². The first-order chi connectivity index (χ1) is 11.9. The molecule has 0 radical (unpaired) electrons. The first kappa shape index (κ1) is 20.4. The maximum atomic E-state index is 12.5. The Hall–Kier alpha value is -1.88. The third-order valence-corrected chi connectivity index (χ3v) is 5.02. The Bertz CT molecular complexity index is 733. The van der Waals surface area contributed by atoms with Gasteiger partial charge in [-0.25, -0.2) is 0 Å². The predicted octanol–water partition coefficient (Wildman–Crippen LogP) is 3.92. The Morgan fingerprint density at radius 2 is 1.92 bits per heavy atom. The van der Waals surface area contributed by atoms with Gasteiger partial charge in [0.05, 0.1) is 0 Å². The summed E-state index contributed by atoms with van der Waals surface area (Å²) in [6, 6.07) is 17.7. The van der Waals surface area contributed by atoms with Gasteiger partial charge >= 0.3 is 0 Å². The second-order valence-corrected chi connectivity index (χ2v) is 7.61. The van der Waals surface area contributed by atoms with Crippen molar-refractivity contribution < 1.29 is 4.79 Å². The fraction of sp³-hybridized carbons (Fsp3) is 0.381. The molecule has 1 fully saturated rings. The van der Waals surface area contributed by atoms with E-state index < -0.39 is 0 Å². The van der Waals surface area contributed by atoms with Crippen molar-refractivity contribution >= 4 is 24.0 Å². The van der Waals surface area contributed by atoms with E-state index in [0.29, 0.717) is 5.56 Å². The molecule has 0 bridgehead atoms. The lowest BCUT2D eigenvalue weighted by molar-refractivity contribution is 0.0898. The standard InChI is InChI=1S/C21H27N3O.ClH/c1-21(2)15-24(12-11-19(21)22)14-16-7-6-8-17(13-16)20(25)23-18-9-4-3-5-10-18;/h3-10,13,19H,11-12,14-15,22H2,1-2H3,(H,23,25);1H. The average molecular weight is 374 g/mol. The van der Waals surface area contributed by atoms with E-state index >= 15 is 0 Å². The van der Waals surface area contributed by atoms with Crippen molar-refractivity contribution in [1.29, 1.82) is 0 Å². The molecule has 1 heterocycles. The highest BCUT2D eigenvalue weighted by atomic mass is 35.5. The van der Waals surface area contributed by atoms with Crippen LogP contribution in [-0.2, 0) is 6.54 Å². The summed E-state index contributed by atoms with van der Waals surface area (Å²) in [5.74, 6) is -0.0750. The Kier molecular flexibility index (Phi) is 6.81. The van der Waals surface area contributed by atoms with E-state index in [1.807, 2.05) is 48.5 Å². The van der Waals surface area contributed by atoms with E-state index in [4.69, 9.17) is 5.73 Å². The zero-order chi connectivity index (χ0) is 17.9. The van der Waals surface area contributed by atoms with Crippen molar-refractivity contribution in [1.82, 2.24) is 4.90 Å². The van der Waals surface area contributed by atoms with Crippen molar-refractivity contribution in [2.75, 3.05) is 18.4 Å². The fourth-order valence-electron chi connectivity index (χ4n) is 3.41. The number of amides is 1. The molecule has 2 aromatic carbocycles. The van der Waals surface area contributed by atoms with Crippen LogP contribution in [0.5, 0.6) is 0 Å². The van der Waals surface area contributed by atoms with Gasteiger partial charge < -0.3 is 11.1 Å². The number of hydrogen-bond acceptors (Lipinski definition) is 3. The van der Waals surface area contributed by atoms with Gasteiger partial charge in [0.15, 0.2) is 0 Å². The number of halogens is 1. The summed E-state index contributed by atoms with van der Waals surface area (Å²) in [4.78, 5) is 14.9. The van der Waals surface area contributed by atoms with Gasteiger partial charge in [-0.15, -0.1) is 12.4 Å². The van der Waals surface area contributed by atoms with Gasteiger partial charge in [-0.1, -0.05) is 44.2 Å². The van der Waals surface area contributed by atoms with Gasteiger partial charge in [-0.3, -0.25) is 9.69 Å². The summed E-state index contributed by atoms with van der Waals surface area (Å²) in [7, 11) is 0. The largest absolute Gasteiger partial charge is 0.327 e. The predicted molar refractivity (Wildman–Crippen MR) is 110 cm³/mol. The maximum absolute atomic E-state index is 12.5. The number of nitrogens with zero attached hydrogens (tertiary/aromatic N) is 1. The van der Waals surface area contributed by atoms with Crippen LogP contribution in [0.3, 0.4) is 0 Å². The Morgan fingerprint density at radius 3 is 2.62 bits per heavy atom. The zero-order valence-electron chi connectivity index (χ0n) is 15.4. The molecule has 2 aromatic rings. The molecule has 4 nitrogen and oxygen atoms in total. The number of para-hydroxylation sites is 1. The second kappa shape index (κ2) is 8.67. The van der Waals surface area contributed by atoms with E-state index in [-0.39, 0.29) is 29.8 Å². The highest BCUT2D eigenvalue weighted by Gasteiger charge is 2.33. The molecule has 26 heavy (non-hydrogen) atoms. The Labute approximate surface area is 162 Å². The third kappa shape index (κ3) is 5.07. The second-order valence-electron chi connectivity index (χ2n) is 7.61. The number of nitrogens with one attached hydrogen (secondary N) is 1. The molecule has 1 aliphatic heterocycles. The van der Waals surface area contributed by atoms with E-state index in [1.165, 1.54) is 0 Å². The lowest BCUT2D eigenvalue weighted by Crippen LogP contribution is -2.52. The number of anilines is 1. The van der Waals surface area contributed by atoms with E-state index in [2.05, 4.69) is 30.1 Å². The molecule has 0 aliphatic carbocycles. The first-order valence-electron chi connectivity index (χ1n) is 8.87. The van der Waals surface area contributed by atoms with E-state index in [9.17, 15) is 4.79 Å². The van der Waals surface area contributed by atoms with Crippen LogP contribution in [0, 0.1) is 5.41 Å². The topological polar surface area (TPSA) is 58.4 Å². The normalized spacial score (nSPS) is 19.4. The van der Waals surface area contributed by atoms with Crippen molar-refractivity contribution in [3.05, 3.63) is 65.7 Å². The number of rotatable bonds is 4. The van der Waals surface area contributed by atoms with Crippen LogP contribution in [0.4, 0.5) is 5.69 Å². The Morgan fingerprint density at radius 1 is 1.19 bits per heavy atom. The van der Waals surface area contributed by atoms with Gasteiger partial charge in [0, 0.05) is 36.9 Å². The number of carbonyl (C=O) groups is 1. The van der Waals surface area contributed by atoms with Crippen molar-refractivity contribution in [2.45, 2.75) is 32.9 Å². The van der Waals surface area contributed by atoms with Crippen molar-refractivity contribution in [3.8, 4) is 0 Å². The summed E-state index contributed by atoms with van der Waals surface area (Å²) >= 11 is 0. The van der Waals surface area contributed by atoms with Crippen LogP contribution in [0.15, 0.2) is 54.6 Å². The van der Waals surface area contributed by atoms with Crippen LogP contribution < -0.4 is 11.1 Å². The lowest BCUT2D eigenvalue weighted by atomic mass is 9.79. The quantitative estimate of drug-likeness (QED) is 0.853. The highest BCUT2D eigenvalue weighted by Crippen LogP contribution is 2.28. The molecule has 5 heteroatoms. The molecule has 140 valence electrons. The molecule has 1 atom stereocenters. The fourth-order valence-corrected chi connectivity index (χ4v) is 3.41. The van der Waals surface area contributed by atoms with Gasteiger partial charge in [0.25, 0.3) is 5.91 Å². The van der Waals surface area contributed by atoms with Crippen LogP contribution >= 0.6 is 12.4 Å². The smallest absolute Gasteiger partial charge is 0.255 e. The molecule has 1 amide bonds. The maximum Gasteiger partial charge on any atom is 0.255 e. The third-order valence-electron chi connectivity index (χ3n) is 5.02. The zero-order valence-corrected chi connectivity index (χ0v) is 16.3. The number of benzene rings is 2. The number of piperidine rings is 1. The molecule has 3 N–H and O–H groups in total. The summed E-state index contributed by atoms with van der Waals surface area (Å²) < 4.78 is 0. The van der Waals surface area contributed by atoms with Crippen LogP contribution in [-0.4, -0.2) is 29.9 Å². The molecule has 0 spiro atoms. The first-order valence-corrected chi connectivity index (χ1v) is 8.87. The van der Waals surface area contributed by atoms with E-state index in [0.717, 1.165) is 37.3 Å². The summed E-state index contributed by atoms with van der Waals surface area (Å²) in [6.07, 6.45) is 1.02.